The Morgan fingerprint density at radius 3 is 2.95 bits per heavy atom. The molecule has 0 saturated carbocycles. The minimum absolute atomic E-state index is 0.0594. The molecule has 20 heavy (non-hydrogen) atoms. The zero-order chi connectivity index (χ0) is 13.9. The van der Waals surface area contributed by atoms with Crippen LogP contribution in [0.1, 0.15) is 24.8 Å². The van der Waals surface area contributed by atoms with Gasteiger partial charge < -0.3 is 14.5 Å². The molecule has 5 nitrogen and oxygen atoms in total. The predicted octanol–water partition coefficient (Wildman–Crippen LogP) is 1.81. The van der Waals surface area contributed by atoms with Gasteiger partial charge in [-0.3, -0.25) is 4.79 Å². The molecular formula is C15H18N2O3. The standard InChI is InChI=1S/C15H18N2O3/c1-19-12-6-4-5-11(9-12)13-10-14(20-16-13)15(18)17-7-2-3-8-17/h4-6,9,14H,2-3,7-8,10H2,1H3/t14-/m1/s1. The molecule has 2 aliphatic rings. The highest BCUT2D eigenvalue weighted by molar-refractivity contribution is 6.04. The van der Waals surface area contributed by atoms with Crippen LogP contribution in [0.4, 0.5) is 0 Å². The van der Waals surface area contributed by atoms with Crippen molar-refractivity contribution in [1.29, 1.82) is 0 Å². The summed E-state index contributed by atoms with van der Waals surface area (Å²) in [5, 5.41) is 4.07. The maximum Gasteiger partial charge on any atom is 0.266 e. The largest absolute Gasteiger partial charge is 0.497 e. The highest BCUT2D eigenvalue weighted by Gasteiger charge is 2.33. The maximum absolute atomic E-state index is 12.3. The molecule has 0 N–H and O–H groups in total. The molecule has 106 valence electrons. The van der Waals surface area contributed by atoms with Crippen molar-refractivity contribution in [2.45, 2.75) is 25.4 Å². The zero-order valence-corrected chi connectivity index (χ0v) is 11.5. The van der Waals surface area contributed by atoms with Crippen molar-refractivity contribution in [3.05, 3.63) is 29.8 Å². The van der Waals surface area contributed by atoms with Crippen molar-refractivity contribution in [3.63, 3.8) is 0 Å². The number of ether oxygens (including phenoxy) is 1. The van der Waals surface area contributed by atoms with Crippen LogP contribution in [0.25, 0.3) is 0 Å². The van der Waals surface area contributed by atoms with E-state index in [4.69, 9.17) is 9.57 Å². The van der Waals surface area contributed by atoms with Gasteiger partial charge in [-0.25, -0.2) is 0 Å². The average molecular weight is 274 g/mol. The van der Waals surface area contributed by atoms with Crippen molar-refractivity contribution in [2.24, 2.45) is 5.16 Å². The minimum Gasteiger partial charge on any atom is -0.497 e. The van der Waals surface area contributed by atoms with Gasteiger partial charge in [0.2, 0.25) is 6.10 Å². The van der Waals surface area contributed by atoms with Gasteiger partial charge in [-0.1, -0.05) is 17.3 Å². The Balaban J connectivity index is 1.67. The van der Waals surface area contributed by atoms with Crippen LogP contribution < -0.4 is 4.74 Å². The lowest BCUT2D eigenvalue weighted by atomic mass is 10.0. The lowest BCUT2D eigenvalue weighted by molar-refractivity contribution is -0.140. The summed E-state index contributed by atoms with van der Waals surface area (Å²) in [5.74, 6) is 0.837. The van der Waals surface area contributed by atoms with E-state index in [2.05, 4.69) is 5.16 Å². The normalized spacial score (nSPS) is 21.6. The second kappa shape index (κ2) is 5.53. The number of amides is 1. The molecule has 1 aromatic carbocycles. The van der Waals surface area contributed by atoms with E-state index in [0.717, 1.165) is 43.0 Å². The van der Waals surface area contributed by atoms with Crippen molar-refractivity contribution in [1.82, 2.24) is 4.90 Å². The van der Waals surface area contributed by atoms with Crippen molar-refractivity contribution in [3.8, 4) is 5.75 Å². The quantitative estimate of drug-likeness (QED) is 0.844. The van der Waals surface area contributed by atoms with E-state index in [1.54, 1.807) is 7.11 Å². The average Bonchev–Trinajstić information content (AvgIpc) is 3.18. The first-order chi connectivity index (χ1) is 9.78. The Morgan fingerprint density at radius 1 is 1.40 bits per heavy atom. The highest BCUT2D eigenvalue weighted by Crippen LogP contribution is 2.22. The molecule has 2 aliphatic heterocycles. The number of hydrogen-bond donors (Lipinski definition) is 0. The summed E-state index contributed by atoms with van der Waals surface area (Å²) >= 11 is 0. The van der Waals surface area contributed by atoms with Crippen LogP contribution in [0.15, 0.2) is 29.4 Å². The number of rotatable bonds is 3. The molecule has 1 amide bonds. The van der Waals surface area contributed by atoms with E-state index >= 15 is 0 Å². The fourth-order valence-electron chi connectivity index (χ4n) is 2.62. The fraction of sp³-hybridized carbons (Fsp3) is 0.467. The van der Waals surface area contributed by atoms with Gasteiger partial charge in [0.15, 0.2) is 0 Å². The molecular weight excluding hydrogens is 256 g/mol. The van der Waals surface area contributed by atoms with Crippen molar-refractivity contribution >= 4 is 11.6 Å². The van der Waals surface area contributed by atoms with E-state index < -0.39 is 6.10 Å². The van der Waals surface area contributed by atoms with Gasteiger partial charge in [-0.2, -0.15) is 0 Å². The van der Waals surface area contributed by atoms with Gasteiger partial charge in [0.25, 0.3) is 5.91 Å². The van der Waals surface area contributed by atoms with Crippen molar-refractivity contribution < 1.29 is 14.4 Å². The topological polar surface area (TPSA) is 51.1 Å². The third-order valence-electron chi connectivity index (χ3n) is 3.77. The smallest absolute Gasteiger partial charge is 0.266 e. The molecule has 0 radical (unpaired) electrons. The summed E-state index contributed by atoms with van der Waals surface area (Å²) in [6.45, 7) is 1.68. The number of carbonyl (C=O) groups excluding carboxylic acids is 1. The van der Waals surface area contributed by atoms with Gasteiger partial charge in [-0.05, 0) is 25.0 Å². The number of oxime groups is 1. The van der Waals surface area contributed by atoms with Crippen LogP contribution in [-0.2, 0) is 9.63 Å². The number of methoxy groups -OCH3 is 1. The Morgan fingerprint density at radius 2 is 2.20 bits per heavy atom. The SMILES string of the molecule is COc1cccc(C2=NO[C@@H](C(=O)N3CCCC3)C2)c1. The lowest BCUT2D eigenvalue weighted by Gasteiger charge is -2.18. The van der Waals surface area contributed by atoms with Gasteiger partial charge in [0.1, 0.15) is 5.75 Å². The first kappa shape index (κ1) is 13.0. The van der Waals surface area contributed by atoms with E-state index in [0.29, 0.717) is 6.42 Å². The molecule has 0 unspecified atom stereocenters. The first-order valence-electron chi connectivity index (χ1n) is 6.94. The van der Waals surface area contributed by atoms with Crippen LogP contribution >= 0.6 is 0 Å². The number of hydrogen-bond acceptors (Lipinski definition) is 4. The molecule has 0 bridgehead atoms. The van der Waals surface area contributed by atoms with Gasteiger partial charge in [0, 0.05) is 25.1 Å². The molecule has 1 saturated heterocycles. The van der Waals surface area contributed by atoms with Crippen LogP contribution in [0.5, 0.6) is 5.75 Å². The fourth-order valence-corrected chi connectivity index (χ4v) is 2.62. The molecule has 5 heteroatoms. The molecule has 0 aliphatic carbocycles. The molecule has 1 aromatic rings. The highest BCUT2D eigenvalue weighted by atomic mass is 16.6. The Kier molecular flexibility index (Phi) is 3.58. The zero-order valence-electron chi connectivity index (χ0n) is 11.5. The van der Waals surface area contributed by atoms with Crippen LogP contribution in [0, 0.1) is 0 Å². The van der Waals surface area contributed by atoms with E-state index in [9.17, 15) is 4.79 Å². The molecule has 1 fully saturated rings. The minimum atomic E-state index is -0.464. The number of likely N-dealkylation sites (tertiary alicyclic amines) is 1. The molecule has 3 rings (SSSR count). The van der Waals surface area contributed by atoms with E-state index in [1.165, 1.54) is 0 Å². The molecule has 0 aromatic heterocycles. The molecule has 2 heterocycles. The Bertz CT molecular complexity index is 536. The third-order valence-corrected chi connectivity index (χ3v) is 3.77. The summed E-state index contributed by atoms with van der Waals surface area (Å²) in [7, 11) is 1.63. The number of nitrogens with zero attached hydrogens (tertiary/aromatic N) is 2. The van der Waals surface area contributed by atoms with E-state index in [1.807, 2.05) is 29.2 Å². The van der Waals surface area contributed by atoms with E-state index in [-0.39, 0.29) is 5.91 Å². The van der Waals surface area contributed by atoms with Gasteiger partial charge >= 0.3 is 0 Å². The molecule has 1 atom stereocenters. The van der Waals surface area contributed by atoms with Crippen LogP contribution in [-0.4, -0.2) is 42.8 Å². The van der Waals surface area contributed by atoms with Crippen LogP contribution in [0.2, 0.25) is 0 Å². The number of carbonyl (C=O) groups is 1. The second-order valence-electron chi connectivity index (χ2n) is 5.10. The Labute approximate surface area is 118 Å². The van der Waals surface area contributed by atoms with Crippen molar-refractivity contribution in [2.75, 3.05) is 20.2 Å². The summed E-state index contributed by atoms with van der Waals surface area (Å²) in [5.41, 5.74) is 1.75. The summed E-state index contributed by atoms with van der Waals surface area (Å²) < 4.78 is 5.20. The maximum atomic E-state index is 12.3. The Hall–Kier alpha value is -2.04. The summed E-state index contributed by atoms with van der Waals surface area (Å²) in [4.78, 5) is 19.4. The third kappa shape index (κ3) is 2.48. The lowest BCUT2D eigenvalue weighted by Crippen LogP contribution is -2.37. The van der Waals surface area contributed by atoms with Gasteiger partial charge in [-0.15, -0.1) is 0 Å². The second-order valence-corrected chi connectivity index (χ2v) is 5.10. The predicted molar refractivity (Wildman–Crippen MR) is 74.8 cm³/mol. The van der Waals surface area contributed by atoms with Gasteiger partial charge in [0.05, 0.1) is 12.8 Å². The van der Waals surface area contributed by atoms with Crippen LogP contribution in [0.3, 0.4) is 0 Å². The summed E-state index contributed by atoms with van der Waals surface area (Å²) in [6.07, 6.45) is 2.24. The number of benzene rings is 1. The first-order valence-corrected chi connectivity index (χ1v) is 6.94. The molecule has 0 spiro atoms. The summed E-state index contributed by atoms with van der Waals surface area (Å²) in [6, 6.07) is 7.65. The monoisotopic (exact) mass is 274 g/mol.